The largest absolute Gasteiger partial charge is 0.466 e. The Bertz CT molecular complexity index is 686. The summed E-state index contributed by atoms with van der Waals surface area (Å²) in [4.78, 5) is 12.2. The number of aryl methyl sites for hydroxylation is 1. The maximum atomic E-state index is 12.2. The van der Waals surface area contributed by atoms with Gasteiger partial charge in [0.15, 0.2) is 0 Å². The number of hydrogen-bond acceptors (Lipinski definition) is 6. The molecular weight excluding hydrogens is 272 g/mol. The second-order valence-corrected chi connectivity index (χ2v) is 6.30. The number of rotatable bonds is 2. The van der Waals surface area contributed by atoms with Gasteiger partial charge in [0.2, 0.25) is 11.5 Å². The van der Waals surface area contributed by atoms with E-state index < -0.39 is 0 Å². The van der Waals surface area contributed by atoms with Crippen molar-refractivity contribution in [2.75, 3.05) is 5.73 Å². The molecule has 1 atom stereocenters. The molecule has 0 bridgehead atoms. The molecule has 0 saturated carbocycles. The third kappa shape index (κ3) is 2.51. The number of fused-ring (bicyclic) bond motifs is 1. The molecule has 0 fully saturated rings. The topological polar surface area (TPSA) is 107 Å². The number of carbonyl (C=O) groups excluding carboxylic acids is 1. The van der Waals surface area contributed by atoms with Gasteiger partial charge in [0.05, 0.1) is 6.04 Å². The zero-order chi connectivity index (χ0) is 15.2. The molecule has 2 aromatic heterocycles. The van der Waals surface area contributed by atoms with Gasteiger partial charge in [0.25, 0.3) is 5.91 Å². The number of carbonyl (C=O) groups is 1. The molecule has 1 amide bonds. The van der Waals surface area contributed by atoms with Crippen LogP contribution in [0.2, 0.25) is 0 Å². The highest BCUT2D eigenvalue weighted by atomic mass is 16.6. The van der Waals surface area contributed by atoms with Crippen molar-refractivity contribution in [1.82, 2.24) is 15.6 Å². The van der Waals surface area contributed by atoms with Crippen LogP contribution >= 0.6 is 0 Å². The molecule has 1 unspecified atom stereocenters. The van der Waals surface area contributed by atoms with Crippen LogP contribution < -0.4 is 11.1 Å². The van der Waals surface area contributed by atoms with Crippen molar-refractivity contribution in [2.45, 2.75) is 39.7 Å². The monoisotopic (exact) mass is 290 g/mol. The van der Waals surface area contributed by atoms with Gasteiger partial charge < -0.3 is 15.5 Å². The second-order valence-electron chi connectivity index (χ2n) is 6.30. The molecule has 0 radical (unpaired) electrons. The summed E-state index contributed by atoms with van der Waals surface area (Å²) in [5.41, 5.74) is 6.63. The zero-order valence-electron chi connectivity index (χ0n) is 12.3. The summed E-state index contributed by atoms with van der Waals surface area (Å²) in [6, 6.07) is 1.84. The van der Waals surface area contributed by atoms with Crippen LogP contribution in [0.25, 0.3) is 0 Å². The average molecular weight is 290 g/mol. The first-order chi connectivity index (χ1) is 9.85. The summed E-state index contributed by atoms with van der Waals surface area (Å²) in [5.74, 6) is 1.38. The van der Waals surface area contributed by atoms with E-state index in [4.69, 9.17) is 10.2 Å². The maximum Gasteiger partial charge on any atom is 0.277 e. The van der Waals surface area contributed by atoms with Gasteiger partial charge in [-0.1, -0.05) is 13.8 Å². The minimum absolute atomic E-state index is 0.00818. The van der Waals surface area contributed by atoms with E-state index in [0.717, 1.165) is 29.9 Å². The molecule has 3 rings (SSSR count). The van der Waals surface area contributed by atoms with Gasteiger partial charge in [-0.2, -0.15) is 0 Å². The minimum atomic E-state index is -0.388. The first-order valence-corrected chi connectivity index (χ1v) is 6.84. The van der Waals surface area contributed by atoms with Gasteiger partial charge in [-0.3, -0.25) is 4.79 Å². The third-order valence-electron chi connectivity index (χ3n) is 3.77. The van der Waals surface area contributed by atoms with Crippen LogP contribution in [0.4, 0.5) is 5.82 Å². The van der Waals surface area contributed by atoms with E-state index in [2.05, 4.69) is 34.1 Å². The van der Waals surface area contributed by atoms with Gasteiger partial charge in [-0.25, -0.2) is 4.63 Å². The van der Waals surface area contributed by atoms with Gasteiger partial charge in [-0.05, 0) is 35.1 Å². The number of aromatic nitrogens is 2. The molecule has 2 aromatic rings. The molecule has 21 heavy (non-hydrogen) atoms. The van der Waals surface area contributed by atoms with Crippen LogP contribution in [-0.4, -0.2) is 16.2 Å². The first-order valence-electron chi connectivity index (χ1n) is 6.84. The van der Waals surface area contributed by atoms with E-state index in [1.54, 1.807) is 0 Å². The van der Waals surface area contributed by atoms with E-state index in [0.29, 0.717) is 0 Å². The van der Waals surface area contributed by atoms with Crippen molar-refractivity contribution < 1.29 is 13.8 Å². The Labute approximate surface area is 121 Å². The fourth-order valence-corrected chi connectivity index (χ4v) is 2.89. The van der Waals surface area contributed by atoms with Crippen LogP contribution in [0.3, 0.4) is 0 Å². The molecule has 1 aliphatic rings. The zero-order valence-corrected chi connectivity index (χ0v) is 12.3. The van der Waals surface area contributed by atoms with Crippen molar-refractivity contribution in [3.05, 3.63) is 28.8 Å². The molecule has 7 nitrogen and oxygen atoms in total. The number of furan rings is 1. The maximum absolute atomic E-state index is 12.2. The van der Waals surface area contributed by atoms with E-state index in [-0.39, 0.29) is 28.9 Å². The van der Waals surface area contributed by atoms with Crippen LogP contribution in [0.1, 0.15) is 53.9 Å². The van der Waals surface area contributed by atoms with E-state index >= 15 is 0 Å². The van der Waals surface area contributed by atoms with E-state index in [1.165, 1.54) is 0 Å². The lowest BCUT2D eigenvalue weighted by Crippen LogP contribution is -2.36. The number of anilines is 1. The lowest BCUT2D eigenvalue weighted by Gasteiger charge is -2.34. The highest BCUT2D eigenvalue weighted by Crippen LogP contribution is 2.42. The Kier molecular flexibility index (Phi) is 3.00. The van der Waals surface area contributed by atoms with Gasteiger partial charge in [-0.15, -0.1) is 0 Å². The molecule has 0 saturated heterocycles. The normalized spacial score (nSPS) is 20.0. The van der Waals surface area contributed by atoms with E-state index in [9.17, 15) is 4.79 Å². The molecule has 2 heterocycles. The molecule has 1 aliphatic carbocycles. The van der Waals surface area contributed by atoms with Crippen LogP contribution in [0, 0.1) is 12.3 Å². The van der Waals surface area contributed by atoms with Crippen molar-refractivity contribution >= 4 is 11.7 Å². The smallest absolute Gasteiger partial charge is 0.277 e. The predicted octanol–water partition coefficient (Wildman–Crippen LogP) is 2.00. The van der Waals surface area contributed by atoms with Crippen molar-refractivity contribution in [2.24, 2.45) is 5.41 Å². The predicted molar refractivity (Wildman–Crippen MR) is 74.5 cm³/mol. The fraction of sp³-hybridized carbons (Fsp3) is 0.500. The fourth-order valence-electron chi connectivity index (χ4n) is 2.89. The lowest BCUT2D eigenvalue weighted by molar-refractivity contribution is 0.0908. The summed E-state index contributed by atoms with van der Waals surface area (Å²) in [7, 11) is 0. The van der Waals surface area contributed by atoms with Crippen molar-refractivity contribution in [1.29, 1.82) is 0 Å². The number of nitrogens with two attached hydrogens (primary N) is 1. The average Bonchev–Trinajstić information content (AvgIpc) is 2.93. The number of nitrogens with one attached hydrogen (secondary N) is 1. The molecule has 3 N–H and O–H groups in total. The molecule has 7 heteroatoms. The molecule has 0 aliphatic heterocycles. The number of hydrogen-bond donors (Lipinski definition) is 2. The Morgan fingerprint density at radius 3 is 2.90 bits per heavy atom. The Balaban J connectivity index is 1.88. The second kappa shape index (κ2) is 4.61. The number of amides is 1. The van der Waals surface area contributed by atoms with Crippen molar-refractivity contribution in [3.63, 3.8) is 0 Å². The molecular formula is C14H18N4O3. The standard InChI is InChI=1S/C14H18N4O3/c1-7-4-8-9(5-14(2,3)6-10(8)20-7)16-13(19)11-12(15)18-21-17-11/h4,9H,5-6H2,1-3H3,(H2,15,18)(H,16,19). The Hall–Kier alpha value is -2.31. The SMILES string of the molecule is Cc1cc2c(o1)CC(C)(C)CC2NC(=O)c1nonc1N. The van der Waals surface area contributed by atoms with Gasteiger partial charge >= 0.3 is 0 Å². The molecule has 0 spiro atoms. The van der Waals surface area contributed by atoms with E-state index in [1.807, 2.05) is 13.0 Å². The summed E-state index contributed by atoms with van der Waals surface area (Å²) in [6.07, 6.45) is 1.67. The third-order valence-corrected chi connectivity index (χ3v) is 3.77. The van der Waals surface area contributed by atoms with Gasteiger partial charge in [0, 0.05) is 12.0 Å². The van der Waals surface area contributed by atoms with Gasteiger partial charge in [0.1, 0.15) is 11.5 Å². The van der Waals surface area contributed by atoms with Crippen LogP contribution in [0.15, 0.2) is 15.1 Å². The van der Waals surface area contributed by atoms with Crippen LogP contribution in [0.5, 0.6) is 0 Å². The summed E-state index contributed by atoms with van der Waals surface area (Å²) < 4.78 is 10.2. The summed E-state index contributed by atoms with van der Waals surface area (Å²) in [6.45, 7) is 6.21. The Morgan fingerprint density at radius 1 is 1.48 bits per heavy atom. The highest BCUT2D eigenvalue weighted by Gasteiger charge is 2.36. The van der Waals surface area contributed by atoms with Crippen LogP contribution in [-0.2, 0) is 6.42 Å². The Morgan fingerprint density at radius 2 is 2.24 bits per heavy atom. The lowest BCUT2D eigenvalue weighted by atomic mass is 9.74. The summed E-state index contributed by atoms with van der Waals surface area (Å²) >= 11 is 0. The summed E-state index contributed by atoms with van der Waals surface area (Å²) in [5, 5.41) is 9.90. The van der Waals surface area contributed by atoms with Crippen molar-refractivity contribution in [3.8, 4) is 0 Å². The quantitative estimate of drug-likeness (QED) is 0.875. The first kappa shape index (κ1) is 13.7. The molecule has 0 aromatic carbocycles. The molecule has 112 valence electrons. The minimum Gasteiger partial charge on any atom is -0.466 e. The number of nitrogen functional groups attached to an aromatic ring is 1. The number of nitrogens with zero attached hydrogens (tertiary/aromatic N) is 2. The highest BCUT2D eigenvalue weighted by molar-refractivity contribution is 5.96.